The third-order valence-corrected chi connectivity index (χ3v) is 4.13. The fourth-order valence-electron chi connectivity index (χ4n) is 2.34. The predicted octanol–water partition coefficient (Wildman–Crippen LogP) is 4.93. The van der Waals surface area contributed by atoms with E-state index in [2.05, 4.69) is 19.2 Å². The lowest BCUT2D eigenvalue weighted by atomic mass is 10.1. The van der Waals surface area contributed by atoms with Crippen LogP contribution in [0.2, 0.25) is 5.02 Å². The van der Waals surface area contributed by atoms with Crippen molar-refractivity contribution in [1.82, 2.24) is 0 Å². The summed E-state index contributed by atoms with van der Waals surface area (Å²) < 4.78 is 16.3. The number of halogens is 1. The Labute approximate surface area is 170 Å². The molecule has 7 heteroatoms. The molecule has 6 nitrogen and oxygen atoms in total. The number of amides is 1. The Kier molecular flexibility index (Phi) is 7.97. The molecule has 2 rings (SSSR count). The number of carbonyl (C=O) groups is 1. The molecule has 0 atom stereocenters. The number of nitriles is 1. The van der Waals surface area contributed by atoms with Crippen LogP contribution >= 0.6 is 11.6 Å². The van der Waals surface area contributed by atoms with E-state index in [1.807, 2.05) is 6.07 Å². The van der Waals surface area contributed by atoms with Crippen molar-refractivity contribution in [3.05, 3.63) is 47.0 Å². The minimum atomic E-state index is -0.334. The number of hydrogen-bond acceptors (Lipinski definition) is 5. The smallest absolute Gasteiger partial charge is 0.255 e. The first-order chi connectivity index (χ1) is 13.4. The maximum atomic E-state index is 12.6. The van der Waals surface area contributed by atoms with Crippen LogP contribution < -0.4 is 19.5 Å². The van der Waals surface area contributed by atoms with Crippen LogP contribution in [0.25, 0.3) is 0 Å². The van der Waals surface area contributed by atoms with Gasteiger partial charge in [0.25, 0.3) is 5.91 Å². The SMILES string of the molecule is COc1cc(C(=O)Nc2ccc(OCC#N)cc2)cc(Cl)c1OCCC(C)C. The molecular formula is C21H23ClN2O4. The van der Waals surface area contributed by atoms with E-state index in [1.54, 1.807) is 36.4 Å². The van der Waals surface area contributed by atoms with Crippen LogP contribution in [-0.2, 0) is 0 Å². The van der Waals surface area contributed by atoms with Gasteiger partial charge in [0.05, 0.1) is 18.7 Å². The number of anilines is 1. The molecule has 0 spiro atoms. The zero-order valence-corrected chi connectivity index (χ0v) is 16.9. The third kappa shape index (κ3) is 6.07. The summed E-state index contributed by atoms with van der Waals surface area (Å²) in [4.78, 5) is 12.6. The van der Waals surface area contributed by atoms with Crippen LogP contribution in [0, 0.1) is 17.2 Å². The Balaban J connectivity index is 2.10. The van der Waals surface area contributed by atoms with Gasteiger partial charge in [-0.05, 0) is 48.7 Å². The van der Waals surface area contributed by atoms with Gasteiger partial charge < -0.3 is 19.5 Å². The van der Waals surface area contributed by atoms with Gasteiger partial charge in [-0.3, -0.25) is 4.79 Å². The van der Waals surface area contributed by atoms with Crippen LogP contribution in [0.4, 0.5) is 5.69 Å². The molecule has 0 saturated heterocycles. The van der Waals surface area contributed by atoms with Crippen molar-refractivity contribution in [2.24, 2.45) is 5.92 Å². The number of methoxy groups -OCH3 is 1. The highest BCUT2D eigenvalue weighted by Crippen LogP contribution is 2.37. The van der Waals surface area contributed by atoms with E-state index >= 15 is 0 Å². The van der Waals surface area contributed by atoms with E-state index in [9.17, 15) is 4.79 Å². The topological polar surface area (TPSA) is 80.6 Å². The number of rotatable bonds is 9. The highest BCUT2D eigenvalue weighted by molar-refractivity contribution is 6.32. The van der Waals surface area contributed by atoms with E-state index in [0.29, 0.717) is 46.0 Å². The van der Waals surface area contributed by atoms with Crippen molar-refractivity contribution < 1.29 is 19.0 Å². The van der Waals surface area contributed by atoms with Crippen LogP contribution in [-0.4, -0.2) is 26.2 Å². The van der Waals surface area contributed by atoms with Crippen LogP contribution in [0.15, 0.2) is 36.4 Å². The van der Waals surface area contributed by atoms with Gasteiger partial charge in [-0.2, -0.15) is 5.26 Å². The molecule has 148 valence electrons. The Hall–Kier alpha value is -2.91. The molecule has 2 aromatic carbocycles. The molecule has 1 amide bonds. The zero-order chi connectivity index (χ0) is 20.5. The van der Waals surface area contributed by atoms with Gasteiger partial charge in [-0.1, -0.05) is 25.4 Å². The molecule has 0 radical (unpaired) electrons. The molecule has 0 aliphatic heterocycles. The van der Waals surface area contributed by atoms with Crippen molar-refractivity contribution in [2.75, 3.05) is 25.6 Å². The molecule has 0 saturated carbocycles. The number of nitrogens with zero attached hydrogens (tertiary/aromatic N) is 1. The fourth-order valence-corrected chi connectivity index (χ4v) is 2.61. The average Bonchev–Trinajstić information content (AvgIpc) is 2.68. The molecule has 0 unspecified atom stereocenters. The molecular weight excluding hydrogens is 380 g/mol. The zero-order valence-electron chi connectivity index (χ0n) is 16.1. The molecule has 0 aromatic heterocycles. The van der Waals surface area contributed by atoms with Crippen molar-refractivity contribution >= 4 is 23.2 Å². The lowest BCUT2D eigenvalue weighted by molar-refractivity contribution is 0.102. The van der Waals surface area contributed by atoms with E-state index < -0.39 is 0 Å². The monoisotopic (exact) mass is 402 g/mol. The largest absolute Gasteiger partial charge is 0.493 e. The second-order valence-corrected chi connectivity index (χ2v) is 6.85. The van der Waals surface area contributed by atoms with Gasteiger partial charge in [-0.15, -0.1) is 0 Å². The van der Waals surface area contributed by atoms with E-state index in [-0.39, 0.29) is 12.5 Å². The second-order valence-electron chi connectivity index (χ2n) is 6.45. The standard InChI is InChI=1S/C21H23ClN2O4/c1-14(2)8-10-28-20-18(22)12-15(13-19(20)26-3)21(25)24-16-4-6-17(7-5-16)27-11-9-23/h4-7,12-14H,8,10-11H2,1-3H3,(H,24,25). The van der Waals surface area contributed by atoms with E-state index in [4.69, 9.17) is 31.1 Å². The van der Waals surface area contributed by atoms with Gasteiger partial charge in [0.2, 0.25) is 0 Å². The maximum Gasteiger partial charge on any atom is 0.255 e. The Morgan fingerprint density at radius 1 is 1.21 bits per heavy atom. The quantitative estimate of drug-likeness (QED) is 0.643. The maximum absolute atomic E-state index is 12.6. The molecule has 28 heavy (non-hydrogen) atoms. The molecule has 0 heterocycles. The summed E-state index contributed by atoms with van der Waals surface area (Å²) in [6, 6.07) is 11.8. The summed E-state index contributed by atoms with van der Waals surface area (Å²) >= 11 is 6.32. The summed E-state index contributed by atoms with van der Waals surface area (Å²) in [7, 11) is 1.50. The van der Waals surface area contributed by atoms with Gasteiger partial charge in [0.15, 0.2) is 18.1 Å². The van der Waals surface area contributed by atoms with E-state index in [0.717, 1.165) is 6.42 Å². The summed E-state index contributed by atoms with van der Waals surface area (Å²) in [5.74, 6) is 1.56. The van der Waals surface area contributed by atoms with Gasteiger partial charge in [-0.25, -0.2) is 0 Å². The molecule has 0 fully saturated rings. The van der Waals surface area contributed by atoms with E-state index in [1.165, 1.54) is 7.11 Å². The average molecular weight is 403 g/mol. The Bertz CT molecular complexity index is 845. The van der Waals surface area contributed by atoms with Crippen LogP contribution in [0.1, 0.15) is 30.6 Å². The predicted molar refractivity (Wildman–Crippen MR) is 108 cm³/mol. The lowest BCUT2D eigenvalue weighted by Gasteiger charge is -2.15. The van der Waals surface area contributed by atoms with Crippen LogP contribution in [0.5, 0.6) is 17.2 Å². The number of nitrogens with one attached hydrogen (secondary N) is 1. The van der Waals surface area contributed by atoms with Gasteiger partial charge in [0.1, 0.15) is 11.8 Å². The van der Waals surface area contributed by atoms with Gasteiger partial charge in [0, 0.05) is 11.3 Å². The van der Waals surface area contributed by atoms with Crippen molar-refractivity contribution in [3.63, 3.8) is 0 Å². The highest BCUT2D eigenvalue weighted by Gasteiger charge is 2.16. The second kappa shape index (κ2) is 10.4. The third-order valence-electron chi connectivity index (χ3n) is 3.85. The summed E-state index contributed by atoms with van der Waals surface area (Å²) in [6.45, 7) is 4.70. The number of hydrogen-bond donors (Lipinski definition) is 1. The highest BCUT2D eigenvalue weighted by atomic mass is 35.5. The molecule has 0 aliphatic carbocycles. The number of benzene rings is 2. The number of carbonyl (C=O) groups excluding carboxylic acids is 1. The van der Waals surface area contributed by atoms with Crippen molar-refractivity contribution in [1.29, 1.82) is 5.26 Å². The van der Waals surface area contributed by atoms with Crippen molar-refractivity contribution in [2.45, 2.75) is 20.3 Å². The van der Waals surface area contributed by atoms with Crippen LogP contribution in [0.3, 0.4) is 0 Å². The molecule has 0 aliphatic rings. The summed E-state index contributed by atoms with van der Waals surface area (Å²) in [5, 5.41) is 11.6. The fraction of sp³-hybridized carbons (Fsp3) is 0.333. The molecule has 2 aromatic rings. The first-order valence-corrected chi connectivity index (χ1v) is 9.24. The Morgan fingerprint density at radius 2 is 1.93 bits per heavy atom. The lowest BCUT2D eigenvalue weighted by Crippen LogP contribution is -2.12. The van der Waals surface area contributed by atoms with Gasteiger partial charge >= 0.3 is 0 Å². The van der Waals surface area contributed by atoms with Crippen molar-refractivity contribution in [3.8, 4) is 23.3 Å². The molecule has 1 N–H and O–H groups in total. The summed E-state index contributed by atoms with van der Waals surface area (Å²) in [5.41, 5.74) is 0.935. The first kappa shape index (κ1) is 21.4. The Morgan fingerprint density at radius 3 is 2.54 bits per heavy atom. The first-order valence-electron chi connectivity index (χ1n) is 8.86. The molecule has 0 bridgehead atoms. The summed E-state index contributed by atoms with van der Waals surface area (Å²) in [6.07, 6.45) is 0.885. The minimum absolute atomic E-state index is 0.0322. The number of ether oxygens (including phenoxy) is 3. The minimum Gasteiger partial charge on any atom is -0.493 e. The normalized spacial score (nSPS) is 10.3.